The van der Waals surface area contributed by atoms with E-state index in [-0.39, 0.29) is 16.8 Å². The Balaban J connectivity index is 2.31. The van der Waals surface area contributed by atoms with E-state index < -0.39 is 22.0 Å². The van der Waals surface area contributed by atoms with Gasteiger partial charge in [0.05, 0.1) is 23.0 Å². The van der Waals surface area contributed by atoms with Crippen molar-refractivity contribution >= 4 is 44.8 Å². The summed E-state index contributed by atoms with van der Waals surface area (Å²) < 4.78 is 25.7. The maximum Gasteiger partial charge on any atom is 0.244 e. The number of carbonyl (C=O) groups is 1. The Hall–Kier alpha value is -1.76. The van der Waals surface area contributed by atoms with Gasteiger partial charge in [-0.25, -0.2) is 8.42 Å². The minimum atomic E-state index is -3.77. The van der Waals surface area contributed by atoms with E-state index in [4.69, 9.17) is 23.2 Å². The number of carbonyl (C=O) groups excluding carboxylic acids is 1. The summed E-state index contributed by atoms with van der Waals surface area (Å²) in [6, 6.07) is 12.6. The van der Waals surface area contributed by atoms with Gasteiger partial charge in [0.25, 0.3) is 0 Å². The van der Waals surface area contributed by atoms with Gasteiger partial charge in [-0.3, -0.25) is 9.10 Å². The Bertz CT molecular complexity index is 889. The Morgan fingerprint density at radius 1 is 1.08 bits per heavy atom. The number of halogens is 2. The van der Waals surface area contributed by atoms with Gasteiger partial charge in [0.15, 0.2) is 0 Å². The predicted octanol–water partition coefficient (Wildman–Crippen LogP) is 4.03. The lowest BCUT2D eigenvalue weighted by molar-refractivity contribution is -0.122. The van der Waals surface area contributed by atoms with Gasteiger partial charge in [0, 0.05) is 5.02 Å². The van der Waals surface area contributed by atoms with E-state index in [1.54, 1.807) is 6.07 Å². The molecule has 2 aromatic carbocycles. The molecule has 140 valence electrons. The highest BCUT2D eigenvalue weighted by Crippen LogP contribution is 2.32. The Morgan fingerprint density at radius 3 is 2.27 bits per heavy atom. The van der Waals surface area contributed by atoms with E-state index in [0.29, 0.717) is 5.02 Å². The van der Waals surface area contributed by atoms with Crippen LogP contribution in [0.2, 0.25) is 10.0 Å². The average Bonchev–Trinajstić information content (AvgIpc) is 2.57. The number of anilines is 1. The van der Waals surface area contributed by atoms with Gasteiger partial charge >= 0.3 is 0 Å². The Kier molecular flexibility index (Phi) is 6.55. The van der Waals surface area contributed by atoms with Gasteiger partial charge < -0.3 is 5.32 Å². The third-order valence-corrected chi connectivity index (χ3v) is 5.67. The van der Waals surface area contributed by atoms with Gasteiger partial charge in [-0.05, 0) is 37.6 Å². The van der Waals surface area contributed by atoms with Crippen molar-refractivity contribution in [1.82, 2.24) is 5.32 Å². The minimum absolute atomic E-state index is 0.164. The zero-order chi connectivity index (χ0) is 19.5. The van der Waals surface area contributed by atoms with Crippen molar-refractivity contribution in [2.24, 2.45) is 0 Å². The molecule has 0 bridgehead atoms. The van der Waals surface area contributed by atoms with Crippen molar-refractivity contribution in [2.45, 2.75) is 25.9 Å². The summed E-state index contributed by atoms with van der Waals surface area (Å²) in [6.45, 7) is 3.34. The van der Waals surface area contributed by atoms with Crippen molar-refractivity contribution in [3.63, 3.8) is 0 Å². The second-order valence-electron chi connectivity index (χ2n) is 5.97. The highest BCUT2D eigenvalue weighted by atomic mass is 35.5. The molecule has 0 unspecified atom stereocenters. The van der Waals surface area contributed by atoms with E-state index in [1.165, 1.54) is 19.1 Å². The first kappa shape index (κ1) is 20.6. The molecular weight excluding hydrogens is 395 g/mol. The number of amides is 1. The van der Waals surface area contributed by atoms with Crippen LogP contribution in [0.4, 0.5) is 5.69 Å². The van der Waals surface area contributed by atoms with Gasteiger partial charge in [-0.2, -0.15) is 0 Å². The summed E-state index contributed by atoms with van der Waals surface area (Å²) in [5.41, 5.74) is 1.08. The molecule has 2 rings (SSSR count). The summed E-state index contributed by atoms with van der Waals surface area (Å²) in [7, 11) is -3.77. The number of hydrogen-bond acceptors (Lipinski definition) is 3. The molecule has 0 radical (unpaired) electrons. The van der Waals surface area contributed by atoms with Crippen LogP contribution in [0.5, 0.6) is 0 Å². The SMILES string of the molecule is C[C@H](NC(=O)[C@@H](C)N(c1cc(Cl)ccc1Cl)S(C)(=O)=O)c1ccccc1. The molecule has 0 saturated heterocycles. The fourth-order valence-electron chi connectivity index (χ4n) is 2.59. The molecule has 1 amide bonds. The largest absolute Gasteiger partial charge is 0.348 e. The molecule has 0 spiro atoms. The average molecular weight is 415 g/mol. The molecule has 0 heterocycles. The first-order valence-electron chi connectivity index (χ1n) is 7.91. The molecular formula is C18H20Cl2N2O3S. The van der Waals surface area contributed by atoms with Crippen molar-refractivity contribution in [2.75, 3.05) is 10.6 Å². The number of sulfonamides is 1. The van der Waals surface area contributed by atoms with Crippen molar-refractivity contribution in [3.8, 4) is 0 Å². The molecule has 2 atom stereocenters. The van der Waals surface area contributed by atoms with E-state index >= 15 is 0 Å². The molecule has 0 aliphatic heterocycles. The minimum Gasteiger partial charge on any atom is -0.348 e. The number of nitrogens with zero attached hydrogens (tertiary/aromatic N) is 1. The first-order chi connectivity index (χ1) is 12.1. The maximum atomic E-state index is 12.7. The van der Waals surface area contributed by atoms with E-state index in [0.717, 1.165) is 16.1 Å². The first-order valence-corrected chi connectivity index (χ1v) is 10.5. The summed E-state index contributed by atoms with van der Waals surface area (Å²) in [6.07, 6.45) is 1.02. The molecule has 5 nitrogen and oxygen atoms in total. The molecule has 0 aliphatic carbocycles. The predicted molar refractivity (Wildman–Crippen MR) is 106 cm³/mol. The fourth-order valence-corrected chi connectivity index (χ4v) is 4.20. The monoisotopic (exact) mass is 414 g/mol. The van der Waals surface area contributed by atoms with Gasteiger partial charge in [0.1, 0.15) is 6.04 Å². The summed E-state index contributed by atoms with van der Waals surface area (Å²) >= 11 is 12.1. The molecule has 1 N–H and O–H groups in total. The van der Waals surface area contributed by atoms with Crippen LogP contribution in [-0.2, 0) is 14.8 Å². The molecule has 2 aromatic rings. The number of nitrogens with one attached hydrogen (secondary N) is 1. The molecule has 0 fully saturated rings. The highest BCUT2D eigenvalue weighted by Gasteiger charge is 2.31. The highest BCUT2D eigenvalue weighted by molar-refractivity contribution is 7.92. The van der Waals surface area contributed by atoms with Crippen LogP contribution >= 0.6 is 23.2 Å². The fraction of sp³-hybridized carbons (Fsp3) is 0.278. The van der Waals surface area contributed by atoms with Gasteiger partial charge in [0.2, 0.25) is 15.9 Å². The summed E-state index contributed by atoms with van der Waals surface area (Å²) in [4.78, 5) is 12.7. The Morgan fingerprint density at radius 2 is 1.69 bits per heavy atom. The van der Waals surface area contributed by atoms with E-state index in [9.17, 15) is 13.2 Å². The van der Waals surface area contributed by atoms with Crippen LogP contribution in [-0.4, -0.2) is 26.6 Å². The zero-order valence-corrected chi connectivity index (χ0v) is 16.9. The summed E-state index contributed by atoms with van der Waals surface area (Å²) in [5.74, 6) is -0.442. The van der Waals surface area contributed by atoms with Crippen molar-refractivity contribution in [1.29, 1.82) is 0 Å². The number of hydrogen-bond donors (Lipinski definition) is 1. The second kappa shape index (κ2) is 8.29. The molecule has 8 heteroatoms. The molecule has 0 aromatic heterocycles. The van der Waals surface area contributed by atoms with Gasteiger partial charge in [-0.1, -0.05) is 53.5 Å². The van der Waals surface area contributed by atoms with E-state index in [2.05, 4.69) is 5.32 Å². The Labute approximate surface area is 164 Å². The van der Waals surface area contributed by atoms with Crippen molar-refractivity contribution < 1.29 is 13.2 Å². The van der Waals surface area contributed by atoms with Crippen molar-refractivity contribution in [3.05, 3.63) is 64.1 Å². The quantitative estimate of drug-likeness (QED) is 0.775. The lowest BCUT2D eigenvalue weighted by atomic mass is 10.1. The molecule has 26 heavy (non-hydrogen) atoms. The zero-order valence-electron chi connectivity index (χ0n) is 14.6. The number of rotatable bonds is 6. The number of benzene rings is 2. The lowest BCUT2D eigenvalue weighted by Crippen LogP contribution is -2.48. The van der Waals surface area contributed by atoms with Crippen LogP contribution in [0, 0.1) is 0 Å². The van der Waals surface area contributed by atoms with Crippen LogP contribution in [0.3, 0.4) is 0 Å². The maximum absolute atomic E-state index is 12.7. The third-order valence-electron chi connectivity index (χ3n) is 3.89. The third kappa shape index (κ3) is 4.90. The standard InChI is InChI=1S/C18H20Cl2N2O3S/c1-12(14-7-5-4-6-8-14)21-18(23)13(2)22(26(3,24)25)17-11-15(19)9-10-16(17)20/h4-13H,1-3H3,(H,21,23)/t12-,13+/m0/s1. The summed E-state index contributed by atoms with van der Waals surface area (Å²) in [5, 5.41) is 3.34. The lowest BCUT2D eigenvalue weighted by Gasteiger charge is -2.30. The van der Waals surface area contributed by atoms with Gasteiger partial charge in [-0.15, -0.1) is 0 Å². The molecule has 0 aliphatic rings. The normalized spacial score (nSPS) is 13.7. The smallest absolute Gasteiger partial charge is 0.244 e. The topological polar surface area (TPSA) is 66.5 Å². The van der Waals surface area contributed by atoms with Crippen LogP contribution < -0.4 is 9.62 Å². The second-order valence-corrected chi connectivity index (χ2v) is 8.67. The van der Waals surface area contributed by atoms with Crippen LogP contribution in [0.25, 0.3) is 0 Å². The van der Waals surface area contributed by atoms with E-state index in [1.807, 2.05) is 37.3 Å². The van der Waals surface area contributed by atoms with Crippen LogP contribution in [0.1, 0.15) is 25.5 Å². The molecule has 0 saturated carbocycles. The van der Waals surface area contributed by atoms with Crippen LogP contribution in [0.15, 0.2) is 48.5 Å².